The topological polar surface area (TPSA) is 57.9 Å². The first-order chi connectivity index (χ1) is 4.68. The molecule has 61 valence electrons. The molecule has 0 aromatic rings. The Kier molecular flexibility index (Phi) is 4.89. The highest BCUT2D eigenvalue weighted by atomic mass is 28.2. The maximum Gasteiger partial charge on any atom is 0.242 e. The first-order valence-corrected chi connectivity index (χ1v) is 5.09. The lowest BCUT2D eigenvalue weighted by molar-refractivity contribution is 0.360. The Morgan fingerprint density at radius 1 is 1.60 bits per heavy atom. The molecule has 0 fully saturated rings. The number of hydrogen-bond donors (Lipinski definition) is 2. The summed E-state index contributed by atoms with van der Waals surface area (Å²) >= 11 is 0. The molecule has 0 aromatic carbocycles. The summed E-state index contributed by atoms with van der Waals surface area (Å²) in [6, 6.07) is 0. The van der Waals surface area contributed by atoms with Crippen LogP contribution in [0.5, 0.6) is 0 Å². The van der Waals surface area contributed by atoms with Crippen LogP contribution < -0.4 is 11.1 Å². The van der Waals surface area contributed by atoms with Crippen LogP contribution in [0, 0.1) is 0 Å². The second kappa shape index (κ2) is 4.84. The van der Waals surface area contributed by atoms with Crippen LogP contribution in [-0.4, -0.2) is 21.6 Å². The van der Waals surface area contributed by atoms with Crippen LogP contribution in [0.3, 0.4) is 0 Å². The van der Waals surface area contributed by atoms with Crippen LogP contribution in [0.15, 0.2) is 0 Å². The zero-order chi connectivity index (χ0) is 8.04. The monoisotopic (exact) mass is 161 g/mol. The molecule has 0 aromatic heterocycles. The first-order valence-electron chi connectivity index (χ1n) is 3.80. The lowest BCUT2D eigenvalue weighted by Crippen LogP contribution is -2.57. The summed E-state index contributed by atoms with van der Waals surface area (Å²) in [5.41, 5.74) is 5.76. The summed E-state index contributed by atoms with van der Waals surface area (Å²) < 4.78 is 0. The van der Waals surface area contributed by atoms with Crippen LogP contribution in [0.4, 0.5) is 0 Å². The fourth-order valence-corrected chi connectivity index (χ4v) is 1.86. The van der Waals surface area contributed by atoms with Crippen molar-refractivity contribution in [2.45, 2.75) is 32.0 Å². The maximum atomic E-state index is 10.7. The highest BCUT2D eigenvalue weighted by Crippen LogP contribution is 2.02. The van der Waals surface area contributed by atoms with Crippen LogP contribution in [0.25, 0.3) is 0 Å². The molecule has 1 unspecified atom stereocenters. The maximum absolute atomic E-state index is 10.7. The Hall–Kier alpha value is 0.0969. The van der Waals surface area contributed by atoms with Gasteiger partial charge in [-0.15, -0.1) is 0 Å². The molecule has 0 spiro atoms. The number of nitrogens with two attached hydrogens (primary N) is 1. The van der Waals surface area contributed by atoms with E-state index in [9.17, 15) is 4.80 Å². The number of nitrogens with one attached hydrogen (secondary N) is 1. The van der Waals surface area contributed by atoms with Gasteiger partial charge in [0.25, 0.3) is 0 Å². The van der Waals surface area contributed by atoms with E-state index in [0.29, 0.717) is 0 Å². The van der Waals surface area contributed by atoms with E-state index < -0.39 is 15.0 Å². The molecule has 1 radical (unpaired) electrons. The minimum atomic E-state index is -1.37. The fourth-order valence-electron chi connectivity index (χ4n) is 1.01. The molecule has 10 heavy (non-hydrogen) atoms. The summed E-state index contributed by atoms with van der Waals surface area (Å²) in [6.45, 7) is 4.82. The van der Waals surface area contributed by atoms with Gasteiger partial charge in [0.15, 0.2) is 0 Å². The zero-order valence-corrected chi connectivity index (χ0v) is 8.23. The average Bonchev–Trinajstić information content (AvgIpc) is 1.89. The molecule has 1 atom stereocenters. The predicted octanol–water partition coefficient (Wildman–Crippen LogP) is -0.477. The van der Waals surface area contributed by atoms with Crippen molar-refractivity contribution in [3.8, 4) is 0 Å². The van der Waals surface area contributed by atoms with Gasteiger partial charge < -0.3 is 15.8 Å². The van der Waals surface area contributed by atoms with Gasteiger partial charge in [-0.25, -0.2) is 0 Å². The van der Waals surface area contributed by atoms with Crippen molar-refractivity contribution in [3.63, 3.8) is 0 Å². The Labute approximate surface area is 64.9 Å². The van der Waals surface area contributed by atoms with Gasteiger partial charge in [-0.1, -0.05) is 20.3 Å². The molecule has 3 N–H and O–H groups in total. The van der Waals surface area contributed by atoms with E-state index in [2.05, 4.69) is 5.32 Å². The van der Waals surface area contributed by atoms with Crippen molar-refractivity contribution in [2.75, 3.05) is 6.54 Å². The summed E-state index contributed by atoms with van der Waals surface area (Å²) in [5, 5.41) is 2.51. The van der Waals surface area contributed by atoms with Gasteiger partial charge in [-0.05, 0) is 13.0 Å². The molecule has 0 aliphatic heterocycles. The lowest BCUT2D eigenvalue weighted by atomic mass is 10.3. The summed E-state index contributed by atoms with van der Waals surface area (Å²) in [7, 11) is -1.37. The van der Waals surface area contributed by atoms with Crippen LogP contribution >= 0.6 is 0 Å². The molecule has 0 saturated heterocycles. The van der Waals surface area contributed by atoms with Crippen LogP contribution in [-0.2, 0) is 4.80 Å². The standard InChI is InChI=1S/C6H17N2OSi/c1-3-5-6(7,10-9)8-4-2/h8H,3-5,7,10H2,1-2H3. The number of rotatable bonds is 5. The van der Waals surface area contributed by atoms with Gasteiger partial charge >= 0.3 is 0 Å². The highest BCUT2D eigenvalue weighted by Gasteiger charge is 2.22. The Morgan fingerprint density at radius 2 is 2.20 bits per heavy atom. The van der Waals surface area contributed by atoms with Crippen molar-refractivity contribution in [1.29, 1.82) is 0 Å². The molecule has 0 aliphatic rings. The van der Waals surface area contributed by atoms with Crippen molar-refractivity contribution < 1.29 is 4.80 Å². The van der Waals surface area contributed by atoms with Crippen LogP contribution in [0.2, 0.25) is 0 Å². The van der Waals surface area contributed by atoms with E-state index in [4.69, 9.17) is 5.73 Å². The fraction of sp³-hybridized carbons (Fsp3) is 1.00. The van der Waals surface area contributed by atoms with Crippen molar-refractivity contribution in [2.24, 2.45) is 5.73 Å². The zero-order valence-electron chi connectivity index (χ0n) is 6.81. The van der Waals surface area contributed by atoms with E-state index >= 15 is 0 Å². The molecule has 0 heterocycles. The van der Waals surface area contributed by atoms with Crippen LogP contribution in [0.1, 0.15) is 26.7 Å². The molecule has 3 nitrogen and oxygen atoms in total. The molecule has 0 rings (SSSR count). The van der Waals surface area contributed by atoms with E-state index in [-0.39, 0.29) is 0 Å². The van der Waals surface area contributed by atoms with Crippen molar-refractivity contribution in [1.82, 2.24) is 5.32 Å². The molecule has 0 aliphatic carbocycles. The Bertz CT molecular complexity index is 83.8. The van der Waals surface area contributed by atoms with Gasteiger partial charge in [-0.2, -0.15) is 0 Å². The van der Waals surface area contributed by atoms with Crippen molar-refractivity contribution >= 4 is 9.76 Å². The van der Waals surface area contributed by atoms with E-state index in [1.165, 1.54) is 0 Å². The SMILES string of the molecule is CCCC(N)(NCC)[SiH2][O]. The minimum absolute atomic E-state index is 0.524. The molecule has 0 bridgehead atoms. The molecule has 0 amide bonds. The smallest absolute Gasteiger partial charge is 0.242 e. The van der Waals surface area contributed by atoms with Gasteiger partial charge in [0, 0.05) is 0 Å². The largest absolute Gasteiger partial charge is 0.314 e. The second-order valence-corrected chi connectivity index (χ2v) is 4.13. The third kappa shape index (κ3) is 3.31. The van der Waals surface area contributed by atoms with Gasteiger partial charge in [0.05, 0.1) is 5.29 Å². The quantitative estimate of drug-likeness (QED) is 0.423. The predicted molar refractivity (Wildman–Crippen MR) is 44.7 cm³/mol. The number of hydrogen-bond acceptors (Lipinski definition) is 2. The van der Waals surface area contributed by atoms with Gasteiger partial charge in [0.2, 0.25) is 9.76 Å². The van der Waals surface area contributed by atoms with Gasteiger partial charge in [0.1, 0.15) is 0 Å². The minimum Gasteiger partial charge on any atom is -0.314 e. The van der Waals surface area contributed by atoms with Crippen molar-refractivity contribution in [3.05, 3.63) is 0 Å². The molecule has 4 heteroatoms. The lowest BCUT2D eigenvalue weighted by Gasteiger charge is -2.25. The highest BCUT2D eigenvalue weighted by molar-refractivity contribution is 6.29. The molecule has 0 saturated carbocycles. The molecular weight excluding hydrogens is 144 g/mol. The van der Waals surface area contributed by atoms with Gasteiger partial charge in [-0.3, -0.25) is 0 Å². The summed E-state index contributed by atoms with van der Waals surface area (Å²) in [4.78, 5) is 10.7. The van der Waals surface area contributed by atoms with E-state index in [0.717, 1.165) is 19.4 Å². The summed E-state index contributed by atoms with van der Waals surface area (Å²) in [6.07, 6.45) is 1.80. The second-order valence-electron chi connectivity index (χ2n) is 2.58. The third-order valence-corrected chi connectivity index (χ3v) is 2.60. The van der Waals surface area contributed by atoms with E-state index in [1.807, 2.05) is 13.8 Å². The Morgan fingerprint density at radius 3 is 2.50 bits per heavy atom. The normalized spacial score (nSPS) is 18.0. The Balaban J connectivity index is 3.69. The van der Waals surface area contributed by atoms with E-state index in [1.54, 1.807) is 0 Å². The summed E-state index contributed by atoms with van der Waals surface area (Å²) in [5.74, 6) is 0. The average molecular weight is 161 g/mol. The third-order valence-electron chi connectivity index (χ3n) is 1.48. The molecular formula is C6H17N2OSi. The first kappa shape index (κ1) is 10.1.